The summed E-state index contributed by atoms with van der Waals surface area (Å²) in [6, 6.07) is 3.95. The van der Waals surface area contributed by atoms with Gasteiger partial charge >= 0.3 is 0 Å². The van der Waals surface area contributed by atoms with Crippen molar-refractivity contribution in [3.63, 3.8) is 0 Å². The summed E-state index contributed by atoms with van der Waals surface area (Å²) in [5.41, 5.74) is 1.96. The van der Waals surface area contributed by atoms with Crippen LogP contribution in [0.4, 0.5) is 0 Å². The Balaban J connectivity index is 2.77. The highest BCUT2D eigenvalue weighted by atomic mass is 79.9. The summed E-state index contributed by atoms with van der Waals surface area (Å²) in [6.07, 6.45) is 1.98. The first kappa shape index (κ1) is 9.68. The SMILES string of the molecule is BrCc1nc2ccc(Br)cn2c1Br. The molecular weight excluding hydrogens is 364 g/mol. The number of hydrogen-bond donors (Lipinski definition) is 0. The first-order valence-electron chi connectivity index (χ1n) is 3.60. The van der Waals surface area contributed by atoms with Crippen LogP contribution in [0, 0.1) is 0 Å². The zero-order valence-corrected chi connectivity index (χ0v) is 11.2. The number of nitrogens with zero attached hydrogens (tertiary/aromatic N) is 2. The van der Waals surface area contributed by atoms with Gasteiger partial charge in [-0.3, -0.25) is 4.40 Å². The number of halogens is 3. The maximum Gasteiger partial charge on any atom is 0.138 e. The summed E-state index contributed by atoms with van der Waals surface area (Å²) in [5.74, 6) is 0. The van der Waals surface area contributed by atoms with Crippen LogP contribution in [-0.2, 0) is 5.33 Å². The Morgan fingerprint density at radius 1 is 1.31 bits per heavy atom. The molecule has 68 valence electrons. The van der Waals surface area contributed by atoms with E-state index in [9.17, 15) is 0 Å². The van der Waals surface area contributed by atoms with Crippen LogP contribution in [0.15, 0.2) is 27.4 Å². The molecular formula is C8H5Br3N2. The average Bonchev–Trinajstić information content (AvgIpc) is 2.44. The van der Waals surface area contributed by atoms with Gasteiger partial charge in [-0.15, -0.1) is 0 Å². The van der Waals surface area contributed by atoms with Crippen molar-refractivity contribution in [2.24, 2.45) is 0 Å². The van der Waals surface area contributed by atoms with Crippen LogP contribution in [-0.4, -0.2) is 9.38 Å². The Bertz CT molecular complexity index is 450. The standard InChI is InChI=1S/C8H5Br3N2/c9-3-6-8(11)13-4-5(10)1-2-7(13)12-6/h1-2,4H,3H2. The highest BCUT2D eigenvalue weighted by molar-refractivity contribution is 9.11. The van der Waals surface area contributed by atoms with Crippen LogP contribution in [0.2, 0.25) is 0 Å². The lowest BCUT2D eigenvalue weighted by Crippen LogP contribution is -1.83. The van der Waals surface area contributed by atoms with Crippen molar-refractivity contribution in [1.82, 2.24) is 9.38 Å². The first-order chi connectivity index (χ1) is 6.22. The number of rotatable bonds is 1. The third-order valence-corrected chi connectivity index (χ3v) is 3.56. The van der Waals surface area contributed by atoms with E-state index in [0.29, 0.717) is 0 Å². The van der Waals surface area contributed by atoms with Gasteiger partial charge in [0.25, 0.3) is 0 Å². The Labute approximate surface area is 101 Å². The molecule has 2 aromatic rings. The molecule has 2 heterocycles. The summed E-state index contributed by atoms with van der Waals surface area (Å²) in [6.45, 7) is 0. The predicted molar refractivity (Wildman–Crippen MR) is 63.2 cm³/mol. The lowest BCUT2D eigenvalue weighted by Gasteiger charge is -1.95. The highest BCUT2D eigenvalue weighted by Gasteiger charge is 2.07. The van der Waals surface area contributed by atoms with E-state index in [-0.39, 0.29) is 0 Å². The van der Waals surface area contributed by atoms with Gasteiger partial charge in [0.15, 0.2) is 0 Å². The van der Waals surface area contributed by atoms with E-state index in [4.69, 9.17) is 0 Å². The van der Waals surface area contributed by atoms with Crippen LogP contribution in [0.5, 0.6) is 0 Å². The third-order valence-electron chi connectivity index (χ3n) is 1.72. The van der Waals surface area contributed by atoms with Crippen molar-refractivity contribution in [3.05, 3.63) is 33.1 Å². The fourth-order valence-electron chi connectivity index (χ4n) is 1.12. The second-order valence-corrected chi connectivity index (χ2v) is 4.79. The van der Waals surface area contributed by atoms with E-state index in [2.05, 4.69) is 52.8 Å². The summed E-state index contributed by atoms with van der Waals surface area (Å²) < 4.78 is 4.04. The molecule has 0 fully saturated rings. The Morgan fingerprint density at radius 3 is 2.77 bits per heavy atom. The van der Waals surface area contributed by atoms with Crippen molar-refractivity contribution >= 4 is 53.4 Å². The van der Waals surface area contributed by atoms with Gasteiger partial charge in [0.2, 0.25) is 0 Å². The molecule has 0 bridgehead atoms. The van der Waals surface area contributed by atoms with Crippen LogP contribution < -0.4 is 0 Å². The molecule has 0 saturated heterocycles. The van der Waals surface area contributed by atoms with E-state index < -0.39 is 0 Å². The lowest BCUT2D eigenvalue weighted by atomic mass is 10.5. The molecule has 2 nitrogen and oxygen atoms in total. The Morgan fingerprint density at radius 2 is 2.08 bits per heavy atom. The van der Waals surface area contributed by atoms with Crippen LogP contribution in [0.3, 0.4) is 0 Å². The van der Waals surface area contributed by atoms with Crippen molar-refractivity contribution in [2.75, 3.05) is 0 Å². The largest absolute Gasteiger partial charge is 0.293 e. The second-order valence-electron chi connectivity index (χ2n) is 2.56. The molecule has 0 N–H and O–H groups in total. The fraction of sp³-hybridized carbons (Fsp3) is 0.125. The number of pyridine rings is 1. The van der Waals surface area contributed by atoms with Gasteiger partial charge < -0.3 is 0 Å². The van der Waals surface area contributed by atoms with Gasteiger partial charge in [-0.1, -0.05) is 15.9 Å². The molecule has 0 radical (unpaired) electrons. The second kappa shape index (κ2) is 3.71. The Hall–Kier alpha value is 0.130. The Kier molecular flexibility index (Phi) is 2.76. The number of imidazole rings is 1. The van der Waals surface area contributed by atoms with Gasteiger partial charge in [-0.05, 0) is 44.0 Å². The first-order valence-corrected chi connectivity index (χ1v) is 6.31. The minimum Gasteiger partial charge on any atom is -0.293 e. The highest BCUT2D eigenvalue weighted by Crippen LogP contribution is 2.22. The monoisotopic (exact) mass is 366 g/mol. The molecule has 5 heteroatoms. The van der Waals surface area contributed by atoms with Crippen LogP contribution in [0.25, 0.3) is 5.65 Å². The summed E-state index contributed by atoms with van der Waals surface area (Å²) in [7, 11) is 0. The zero-order valence-electron chi connectivity index (χ0n) is 6.47. The predicted octanol–water partition coefficient (Wildman–Crippen LogP) is 3.75. The fourth-order valence-corrected chi connectivity index (χ4v) is 2.74. The molecule has 0 saturated carbocycles. The van der Waals surface area contributed by atoms with Crippen LogP contribution >= 0.6 is 47.8 Å². The van der Waals surface area contributed by atoms with Gasteiger partial charge in [0.1, 0.15) is 10.3 Å². The molecule has 2 aromatic heterocycles. The molecule has 13 heavy (non-hydrogen) atoms. The quantitative estimate of drug-likeness (QED) is 0.701. The van der Waals surface area contributed by atoms with E-state index in [1.165, 1.54) is 0 Å². The number of alkyl halides is 1. The molecule has 0 unspecified atom stereocenters. The molecule has 0 atom stereocenters. The third kappa shape index (κ3) is 1.69. The smallest absolute Gasteiger partial charge is 0.138 e. The molecule has 0 aliphatic heterocycles. The van der Waals surface area contributed by atoms with Crippen molar-refractivity contribution in [2.45, 2.75) is 5.33 Å². The normalized spacial score (nSPS) is 11.0. The molecule has 2 rings (SSSR count). The lowest BCUT2D eigenvalue weighted by molar-refractivity contribution is 1.13. The van der Waals surface area contributed by atoms with E-state index in [0.717, 1.165) is 25.7 Å². The number of fused-ring (bicyclic) bond motifs is 1. The van der Waals surface area contributed by atoms with E-state index in [1.54, 1.807) is 0 Å². The molecule has 0 aromatic carbocycles. The topological polar surface area (TPSA) is 17.3 Å². The summed E-state index contributed by atoms with van der Waals surface area (Å²) in [5, 5.41) is 0.757. The summed E-state index contributed by atoms with van der Waals surface area (Å²) in [4.78, 5) is 4.42. The zero-order chi connectivity index (χ0) is 9.42. The molecule has 0 spiro atoms. The maximum absolute atomic E-state index is 4.42. The average molecular weight is 369 g/mol. The van der Waals surface area contributed by atoms with Gasteiger partial charge in [0, 0.05) is 16.0 Å². The van der Waals surface area contributed by atoms with Gasteiger partial charge in [-0.2, -0.15) is 0 Å². The molecule has 0 aliphatic rings. The maximum atomic E-state index is 4.42. The molecule has 0 amide bonds. The van der Waals surface area contributed by atoms with Gasteiger partial charge in [-0.25, -0.2) is 4.98 Å². The van der Waals surface area contributed by atoms with Crippen molar-refractivity contribution < 1.29 is 0 Å². The molecule has 0 aliphatic carbocycles. The minimum absolute atomic E-state index is 0.757. The number of hydrogen-bond acceptors (Lipinski definition) is 1. The summed E-state index contributed by atoms with van der Waals surface area (Å²) >= 11 is 10.3. The van der Waals surface area contributed by atoms with Gasteiger partial charge in [0.05, 0.1) is 5.69 Å². The minimum atomic E-state index is 0.757. The van der Waals surface area contributed by atoms with Crippen molar-refractivity contribution in [3.8, 4) is 0 Å². The van der Waals surface area contributed by atoms with E-state index in [1.807, 2.05) is 22.7 Å². The number of aromatic nitrogens is 2. The van der Waals surface area contributed by atoms with Crippen molar-refractivity contribution in [1.29, 1.82) is 0 Å². The van der Waals surface area contributed by atoms with Crippen LogP contribution in [0.1, 0.15) is 5.69 Å². The van der Waals surface area contributed by atoms with E-state index >= 15 is 0 Å².